The molecule has 7 fully saturated rings. The number of rotatable bonds is 14. The Hall–Kier alpha value is -6.02. The van der Waals surface area contributed by atoms with E-state index in [1.807, 2.05) is 0 Å². The molecule has 21 atom stereocenters. The van der Waals surface area contributed by atoms with Crippen molar-refractivity contribution in [2.75, 3.05) is 13.2 Å². The molecule has 84 heavy (non-hydrogen) atoms. The van der Waals surface area contributed by atoms with Gasteiger partial charge in [0.25, 0.3) is 0 Å². The van der Waals surface area contributed by atoms with Gasteiger partial charge in [-0.05, 0) is 135 Å². The van der Waals surface area contributed by atoms with Gasteiger partial charge in [-0.3, -0.25) is 14.4 Å². The highest BCUT2D eigenvalue weighted by Gasteiger charge is 2.69. The topological polar surface area (TPSA) is 213 Å². The van der Waals surface area contributed by atoms with E-state index < -0.39 is 116 Å². The number of carbonyl (C=O) groups is 6. The van der Waals surface area contributed by atoms with Gasteiger partial charge in [-0.1, -0.05) is 93.9 Å². The molecule has 18 heteroatoms. The molecule has 4 aliphatic heterocycles. The second-order valence-corrected chi connectivity index (χ2v) is 25.3. The molecule has 3 aromatic rings. The second kappa shape index (κ2) is 24.4. The van der Waals surface area contributed by atoms with Crippen LogP contribution in [0.15, 0.2) is 103 Å². The zero-order valence-corrected chi connectivity index (χ0v) is 49.3. The molecule has 8 aliphatic rings. The minimum atomic E-state index is -1.62. The third-order valence-electron chi connectivity index (χ3n) is 20.1. The van der Waals surface area contributed by atoms with Gasteiger partial charge in [0, 0.05) is 33.1 Å². The first kappa shape index (κ1) is 59.7. The quantitative estimate of drug-likeness (QED) is 0.0834. The maximum absolute atomic E-state index is 14.5. The van der Waals surface area contributed by atoms with Gasteiger partial charge in [0.1, 0.15) is 6.10 Å². The summed E-state index contributed by atoms with van der Waals surface area (Å²) in [6.45, 7) is 14.9. The number of ether oxygens (including phenoxy) is 12. The number of benzene rings is 3. The summed E-state index contributed by atoms with van der Waals surface area (Å²) in [5.41, 5.74) is 1.82. The molecule has 4 aliphatic carbocycles. The van der Waals surface area contributed by atoms with Crippen molar-refractivity contribution in [3.05, 3.63) is 119 Å². The SMILES string of the molecule is CC(=O)O[C@@H]1[C@@H](OC(C)=O)[C@H](C)O[C@@H](OC[C@H]2O[C@@H](O[C@H]3CC[C@@]4(C)C(=CC[C@H]5[C@@H]6C[C@@H]7O[C@]8(CC[C@@H](C)CO8)[C@@H](C)[C@@H]7[C@@]6(C)CC[C@@H]54)C3)[C@H](OC(=O)c3ccccc3)[C@@H](OC(=O)c3ccccc3)[C@@H]2OC(=O)c2ccccc2)[C@@H]1OC(C)=O. The highest BCUT2D eigenvalue weighted by atomic mass is 16.8. The summed E-state index contributed by atoms with van der Waals surface area (Å²) in [4.78, 5) is 81.2. The Bertz CT molecular complexity index is 2910. The fourth-order valence-electron chi connectivity index (χ4n) is 16.1. The van der Waals surface area contributed by atoms with Crippen molar-refractivity contribution >= 4 is 35.8 Å². The molecular weight excluding hydrogens is 1080 g/mol. The number of fused-ring (bicyclic) bond motifs is 7. The maximum Gasteiger partial charge on any atom is 0.338 e. The predicted octanol–water partition coefficient (Wildman–Crippen LogP) is 9.70. The Morgan fingerprint density at radius 1 is 0.583 bits per heavy atom. The lowest BCUT2D eigenvalue weighted by Crippen LogP contribution is -2.65. The van der Waals surface area contributed by atoms with Crippen molar-refractivity contribution in [1.29, 1.82) is 0 Å². The molecule has 3 aromatic carbocycles. The summed E-state index contributed by atoms with van der Waals surface area (Å²) in [7, 11) is 0. The Kier molecular flexibility index (Phi) is 17.3. The van der Waals surface area contributed by atoms with Crippen LogP contribution in [0.3, 0.4) is 0 Å². The zero-order chi connectivity index (χ0) is 59.2. The van der Waals surface area contributed by atoms with Crippen LogP contribution in [0.4, 0.5) is 0 Å². The lowest BCUT2D eigenvalue weighted by Gasteiger charge is -2.58. The van der Waals surface area contributed by atoms with E-state index >= 15 is 0 Å². The van der Waals surface area contributed by atoms with Gasteiger partial charge >= 0.3 is 35.8 Å². The first-order valence-electron chi connectivity index (χ1n) is 30.1. The molecule has 0 aromatic heterocycles. The van der Waals surface area contributed by atoms with Gasteiger partial charge in [0.05, 0.1) is 48.2 Å². The fraction of sp³-hybridized carbons (Fsp3) is 0.606. The van der Waals surface area contributed by atoms with E-state index in [9.17, 15) is 28.8 Å². The smallest absolute Gasteiger partial charge is 0.338 e. The number of hydrogen-bond donors (Lipinski definition) is 0. The number of esters is 6. The van der Waals surface area contributed by atoms with Gasteiger partial charge in [-0.15, -0.1) is 0 Å². The largest absolute Gasteiger partial charge is 0.456 e. The third kappa shape index (κ3) is 11.7. The lowest BCUT2D eigenvalue weighted by atomic mass is 9.47. The first-order chi connectivity index (χ1) is 40.2. The summed E-state index contributed by atoms with van der Waals surface area (Å²) < 4.78 is 76.8. The Morgan fingerprint density at radius 2 is 1.13 bits per heavy atom. The monoisotopic (exact) mass is 1160 g/mol. The molecule has 1 spiro atoms. The van der Waals surface area contributed by atoms with E-state index in [1.54, 1.807) is 97.9 Å². The highest BCUT2D eigenvalue weighted by Crippen LogP contribution is 2.71. The molecule has 0 amide bonds. The van der Waals surface area contributed by atoms with Crippen molar-refractivity contribution in [3.8, 4) is 0 Å². The van der Waals surface area contributed by atoms with E-state index in [2.05, 4.69) is 33.8 Å². The van der Waals surface area contributed by atoms with E-state index in [1.165, 1.54) is 12.5 Å². The minimum Gasteiger partial charge on any atom is -0.456 e. The number of allylic oxidation sites excluding steroid dienone is 1. The molecule has 0 N–H and O–H groups in total. The van der Waals surface area contributed by atoms with Crippen molar-refractivity contribution in [3.63, 3.8) is 0 Å². The van der Waals surface area contributed by atoms with E-state index in [0.29, 0.717) is 48.3 Å². The summed E-state index contributed by atoms with van der Waals surface area (Å²) >= 11 is 0. The summed E-state index contributed by atoms with van der Waals surface area (Å²) in [6, 6.07) is 24.7. The average molecular weight is 1160 g/mol. The summed E-state index contributed by atoms with van der Waals surface area (Å²) in [5, 5.41) is 0. The molecule has 0 unspecified atom stereocenters. The van der Waals surface area contributed by atoms with Crippen LogP contribution >= 0.6 is 0 Å². The number of carbonyl (C=O) groups excluding carboxylic acids is 6. The third-order valence-corrected chi connectivity index (χ3v) is 20.1. The van der Waals surface area contributed by atoms with Gasteiger partial charge in [-0.25, -0.2) is 14.4 Å². The first-order valence-corrected chi connectivity index (χ1v) is 30.1. The van der Waals surface area contributed by atoms with Gasteiger partial charge in [-0.2, -0.15) is 0 Å². The molecule has 0 bridgehead atoms. The predicted molar refractivity (Wildman–Crippen MR) is 299 cm³/mol. The zero-order valence-electron chi connectivity index (χ0n) is 49.3. The van der Waals surface area contributed by atoms with Gasteiger partial charge in [0.2, 0.25) is 0 Å². The van der Waals surface area contributed by atoms with Crippen molar-refractivity contribution in [2.24, 2.45) is 46.3 Å². The standard InChI is InChI=1S/C66H80O18/c1-36-26-31-66(74-34-36)37(2)52-50(84-66)33-49-47-25-24-45-32-46(27-29-64(45,7)48(47)28-30-65(49,52)8)79-63-58(83-61(72)44-22-16-11-17-23-44)56(82-60(71)43-20-14-10-15-21-43)54(81-59(70)42-18-12-9-13-19-42)51(80-63)35-73-62-57(78-41(6)69)55(77-40(5)68)53(38(3)75-62)76-39(4)67/h9-24,36-38,46-58,62-63H,25-35H2,1-8H3/t36-,37+,38+,46+,47-,48+,49+,50+,51-,52+,53+,54-,55-,56+,57-,58-,62-,63-,64+,65+,66-/m1/s1. The van der Waals surface area contributed by atoms with E-state index in [0.717, 1.165) is 65.4 Å². The Labute approximate surface area is 491 Å². The molecule has 11 rings (SSSR count). The van der Waals surface area contributed by atoms with Gasteiger partial charge in [0.15, 0.2) is 55.0 Å². The lowest BCUT2D eigenvalue weighted by molar-refractivity contribution is -0.333. The van der Waals surface area contributed by atoms with Crippen LogP contribution in [0, 0.1) is 46.3 Å². The van der Waals surface area contributed by atoms with Crippen LogP contribution in [0.2, 0.25) is 0 Å². The molecule has 3 saturated carbocycles. The van der Waals surface area contributed by atoms with Crippen LogP contribution in [-0.4, -0.2) is 128 Å². The second-order valence-electron chi connectivity index (χ2n) is 25.3. The summed E-state index contributed by atoms with van der Waals surface area (Å²) in [6.07, 6.45) is -3.90. The van der Waals surface area contributed by atoms with Crippen molar-refractivity contribution in [1.82, 2.24) is 0 Å². The number of hydrogen-bond acceptors (Lipinski definition) is 18. The fourth-order valence-corrected chi connectivity index (χ4v) is 16.1. The average Bonchev–Trinajstić information content (AvgIpc) is 1.65. The normalized spacial score (nSPS) is 39.4. The Morgan fingerprint density at radius 3 is 1.71 bits per heavy atom. The minimum absolute atomic E-state index is 0.111. The molecule has 452 valence electrons. The van der Waals surface area contributed by atoms with Gasteiger partial charge < -0.3 is 56.8 Å². The summed E-state index contributed by atoms with van der Waals surface area (Å²) in [5.74, 6) is -2.45. The van der Waals surface area contributed by atoms with Crippen LogP contribution in [0.5, 0.6) is 0 Å². The molecule has 18 nitrogen and oxygen atoms in total. The van der Waals surface area contributed by atoms with E-state index in [4.69, 9.17) is 56.8 Å². The van der Waals surface area contributed by atoms with Crippen LogP contribution in [0.1, 0.15) is 144 Å². The molecule has 4 saturated heterocycles. The van der Waals surface area contributed by atoms with E-state index in [-0.39, 0.29) is 33.6 Å². The molecule has 0 radical (unpaired) electrons. The maximum atomic E-state index is 14.5. The van der Waals surface area contributed by atoms with Crippen molar-refractivity contribution < 1.29 is 85.6 Å². The Balaban J connectivity index is 0.917. The highest BCUT2D eigenvalue weighted by molar-refractivity contribution is 5.91. The van der Waals surface area contributed by atoms with Crippen LogP contribution in [0.25, 0.3) is 0 Å². The molecular formula is C66H80O18. The van der Waals surface area contributed by atoms with Crippen LogP contribution in [-0.2, 0) is 71.2 Å². The van der Waals surface area contributed by atoms with Crippen LogP contribution < -0.4 is 0 Å². The molecule has 4 heterocycles. The van der Waals surface area contributed by atoms with Crippen molar-refractivity contribution in [2.45, 2.75) is 193 Å².